The fourth-order valence-corrected chi connectivity index (χ4v) is 3.61. The highest BCUT2D eigenvalue weighted by Gasteiger charge is 2.36. The van der Waals surface area contributed by atoms with Gasteiger partial charge in [-0.15, -0.1) is 11.3 Å². The molecule has 0 aromatic carbocycles. The van der Waals surface area contributed by atoms with Crippen LogP contribution in [-0.2, 0) is 0 Å². The minimum absolute atomic E-state index is 0.124. The molecule has 2 aliphatic heterocycles. The molecule has 5 heteroatoms. The number of nitrogens with one attached hydrogen (secondary N) is 1. The van der Waals surface area contributed by atoms with Crippen molar-refractivity contribution >= 4 is 17.2 Å². The lowest BCUT2D eigenvalue weighted by molar-refractivity contribution is 0.0686. The zero-order chi connectivity index (χ0) is 11.8. The molecule has 1 aromatic heterocycles. The van der Waals surface area contributed by atoms with Crippen molar-refractivity contribution in [3.8, 4) is 0 Å². The summed E-state index contributed by atoms with van der Waals surface area (Å²) in [4.78, 5) is 18.9. The van der Waals surface area contributed by atoms with Gasteiger partial charge in [0, 0.05) is 25.2 Å². The fourth-order valence-electron chi connectivity index (χ4n) is 3.00. The number of fused-ring (bicyclic) bond motifs is 2. The van der Waals surface area contributed by atoms with Gasteiger partial charge in [-0.1, -0.05) is 0 Å². The van der Waals surface area contributed by atoms with Crippen LogP contribution in [0.4, 0.5) is 0 Å². The van der Waals surface area contributed by atoms with Crippen LogP contribution >= 0.6 is 11.3 Å². The van der Waals surface area contributed by atoms with E-state index in [1.165, 1.54) is 24.2 Å². The number of rotatable bonds is 2. The molecule has 2 aliphatic rings. The van der Waals surface area contributed by atoms with E-state index in [9.17, 15) is 4.79 Å². The highest BCUT2D eigenvalue weighted by atomic mass is 32.1. The molecule has 1 amide bonds. The van der Waals surface area contributed by atoms with Gasteiger partial charge in [0.1, 0.15) is 4.88 Å². The van der Waals surface area contributed by atoms with Crippen LogP contribution in [0.15, 0.2) is 11.7 Å². The first-order chi connectivity index (χ1) is 8.24. The summed E-state index contributed by atoms with van der Waals surface area (Å²) in [5.41, 5.74) is 1.72. The van der Waals surface area contributed by atoms with E-state index in [4.69, 9.17) is 0 Å². The molecule has 2 saturated heterocycles. The molecule has 2 bridgehead atoms. The average Bonchev–Trinajstić information content (AvgIpc) is 2.97. The third-order valence-corrected chi connectivity index (χ3v) is 4.72. The molecule has 17 heavy (non-hydrogen) atoms. The zero-order valence-corrected chi connectivity index (χ0v) is 10.7. The number of hydrogen-bond acceptors (Lipinski definition) is 4. The zero-order valence-electron chi connectivity index (χ0n) is 9.93. The van der Waals surface area contributed by atoms with E-state index in [0.29, 0.717) is 18.1 Å². The molecule has 0 radical (unpaired) electrons. The molecule has 4 nitrogen and oxygen atoms in total. The van der Waals surface area contributed by atoms with Crippen molar-refractivity contribution in [3.05, 3.63) is 16.6 Å². The third kappa shape index (κ3) is 2.09. The standard InChI is InChI=1S/C12H17N3OS/c1-15(12(16)11-6-13-7-17-11)10-4-8-2-3-9(5-10)14-8/h6-10,14H,2-5H2,1H3. The maximum absolute atomic E-state index is 12.2. The molecule has 92 valence electrons. The summed E-state index contributed by atoms with van der Waals surface area (Å²) in [5.74, 6) is 0.124. The number of piperidine rings is 1. The van der Waals surface area contributed by atoms with Crippen LogP contribution in [0.3, 0.4) is 0 Å². The largest absolute Gasteiger partial charge is 0.338 e. The lowest BCUT2D eigenvalue weighted by atomic mass is 9.98. The van der Waals surface area contributed by atoms with Crippen LogP contribution in [0.5, 0.6) is 0 Å². The summed E-state index contributed by atoms with van der Waals surface area (Å²) in [6.45, 7) is 0. The minimum atomic E-state index is 0.124. The summed E-state index contributed by atoms with van der Waals surface area (Å²) in [5, 5.41) is 3.60. The Morgan fingerprint density at radius 1 is 1.47 bits per heavy atom. The van der Waals surface area contributed by atoms with Gasteiger partial charge in [-0.3, -0.25) is 9.78 Å². The molecular formula is C12H17N3OS. The molecule has 1 N–H and O–H groups in total. The van der Waals surface area contributed by atoms with E-state index in [2.05, 4.69) is 10.3 Å². The molecule has 3 heterocycles. The summed E-state index contributed by atoms with van der Waals surface area (Å²) in [7, 11) is 1.93. The normalized spacial score (nSPS) is 31.5. The Hall–Kier alpha value is -0.940. The van der Waals surface area contributed by atoms with Gasteiger partial charge in [0.2, 0.25) is 0 Å². The summed E-state index contributed by atoms with van der Waals surface area (Å²) < 4.78 is 0. The Balaban J connectivity index is 1.70. The number of aromatic nitrogens is 1. The van der Waals surface area contributed by atoms with Crippen molar-refractivity contribution < 1.29 is 4.79 Å². The van der Waals surface area contributed by atoms with Crippen LogP contribution in [0, 0.1) is 0 Å². The quantitative estimate of drug-likeness (QED) is 0.866. The molecule has 2 fully saturated rings. The third-order valence-electron chi connectivity index (χ3n) is 3.96. The van der Waals surface area contributed by atoms with Crippen molar-refractivity contribution in [2.75, 3.05) is 7.05 Å². The second-order valence-corrected chi connectivity index (χ2v) is 5.93. The second-order valence-electron chi connectivity index (χ2n) is 5.04. The monoisotopic (exact) mass is 251 g/mol. The van der Waals surface area contributed by atoms with Gasteiger partial charge in [0.15, 0.2) is 0 Å². The molecule has 0 spiro atoms. The van der Waals surface area contributed by atoms with Crippen LogP contribution in [0.1, 0.15) is 35.4 Å². The SMILES string of the molecule is CN(C(=O)c1cncs1)C1CC2CCC(C1)N2. The van der Waals surface area contributed by atoms with Crippen molar-refractivity contribution in [1.82, 2.24) is 15.2 Å². The van der Waals surface area contributed by atoms with Crippen molar-refractivity contribution in [1.29, 1.82) is 0 Å². The minimum Gasteiger partial charge on any atom is -0.338 e. The van der Waals surface area contributed by atoms with E-state index in [1.807, 2.05) is 11.9 Å². The maximum atomic E-state index is 12.2. The second kappa shape index (κ2) is 4.38. The lowest BCUT2D eigenvalue weighted by Crippen LogP contribution is -2.48. The van der Waals surface area contributed by atoms with E-state index < -0.39 is 0 Å². The Labute approximate surface area is 105 Å². The highest BCUT2D eigenvalue weighted by Crippen LogP contribution is 2.30. The highest BCUT2D eigenvalue weighted by molar-refractivity contribution is 7.11. The first-order valence-electron chi connectivity index (χ1n) is 6.15. The average molecular weight is 251 g/mol. The number of amides is 1. The van der Waals surface area contributed by atoms with E-state index in [1.54, 1.807) is 11.7 Å². The van der Waals surface area contributed by atoms with Crippen molar-refractivity contribution in [3.63, 3.8) is 0 Å². The van der Waals surface area contributed by atoms with Crippen LogP contribution in [0.2, 0.25) is 0 Å². The molecule has 3 rings (SSSR count). The van der Waals surface area contributed by atoms with Crippen molar-refractivity contribution in [2.45, 2.75) is 43.8 Å². The molecule has 2 atom stereocenters. The fraction of sp³-hybridized carbons (Fsp3) is 0.667. The van der Waals surface area contributed by atoms with Gasteiger partial charge in [-0.25, -0.2) is 0 Å². The van der Waals surface area contributed by atoms with E-state index >= 15 is 0 Å². The Kier molecular flexibility index (Phi) is 2.88. The first-order valence-corrected chi connectivity index (χ1v) is 7.03. The van der Waals surface area contributed by atoms with Gasteiger partial charge in [-0.05, 0) is 25.7 Å². The molecule has 1 aromatic rings. The first kappa shape index (κ1) is 11.2. The number of carbonyl (C=O) groups is 1. The van der Waals surface area contributed by atoms with Gasteiger partial charge >= 0.3 is 0 Å². The smallest absolute Gasteiger partial charge is 0.265 e. The van der Waals surface area contributed by atoms with Crippen molar-refractivity contribution in [2.24, 2.45) is 0 Å². The number of thiazole rings is 1. The molecule has 0 aliphatic carbocycles. The summed E-state index contributed by atoms with van der Waals surface area (Å²) >= 11 is 1.42. The number of carbonyl (C=O) groups excluding carboxylic acids is 1. The van der Waals surface area contributed by atoms with Crippen LogP contribution in [-0.4, -0.2) is 41.0 Å². The number of hydrogen-bond donors (Lipinski definition) is 1. The van der Waals surface area contributed by atoms with Crippen LogP contribution < -0.4 is 5.32 Å². The van der Waals surface area contributed by atoms with Gasteiger partial charge in [0.25, 0.3) is 5.91 Å². The van der Waals surface area contributed by atoms with Gasteiger partial charge < -0.3 is 10.2 Å². The Morgan fingerprint density at radius 3 is 2.76 bits per heavy atom. The van der Waals surface area contributed by atoms with Gasteiger partial charge in [0.05, 0.1) is 11.7 Å². The predicted octanol–water partition coefficient (Wildman–Crippen LogP) is 1.50. The van der Waals surface area contributed by atoms with Gasteiger partial charge in [-0.2, -0.15) is 0 Å². The molecule has 2 unspecified atom stereocenters. The van der Waals surface area contributed by atoms with E-state index in [-0.39, 0.29) is 5.91 Å². The lowest BCUT2D eigenvalue weighted by Gasteiger charge is -2.35. The Bertz CT molecular complexity index is 394. The van der Waals surface area contributed by atoms with E-state index in [0.717, 1.165) is 17.7 Å². The maximum Gasteiger partial charge on any atom is 0.265 e. The Morgan fingerprint density at radius 2 is 2.18 bits per heavy atom. The number of nitrogens with zero attached hydrogens (tertiary/aromatic N) is 2. The molecule has 0 saturated carbocycles. The topological polar surface area (TPSA) is 45.2 Å². The predicted molar refractivity (Wildman–Crippen MR) is 67.2 cm³/mol. The summed E-state index contributed by atoms with van der Waals surface area (Å²) in [6.07, 6.45) is 6.39. The summed E-state index contributed by atoms with van der Waals surface area (Å²) in [6, 6.07) is 1.63. The van der Waals surface area contributed by atoms with Crippen LogP contribution in [0.25, 0.3) is 0 Å². The molecular weight excluding hydrogens is 234 g/mol.